The van der Waals surface area contributed by atoms with Crippen LogP contribution in [0.15, 0.2) is 30.6 Å². The lowest BCUT2D eigenvalue weighted by molar-refractivity contribution is 0.326. The zero-order chi connectivity index (χ0) is 13.7. The highest BCUT2D eigenvalue weighted by Gasteiger charge is 2.03. The molecule has 2 aromatic rings. The van der Waals surface area contributed by atoms with Gasteiger partial charge in [0.05, 0.1) is 6.61 Å². The molecule has 2 rings (SSSR count). The molecular weight excluding hydrogens is 244 g/mol. The first kappa shape index (κ1) is 12.9. The number of nitrogens with zero attached hydrogens (tertiary/aromatic N) is 2. The second-order valence-electron chi connectivity index (χ2n) is 3.92. The number of hydrogen-bond donors (Lipinski definition) is 3. The maximum atomic E-state index is 9.70. The first-order valence-corrected chi connectivity index (χ1v) is 5.95. The summed E-state index contributed by atoms with van der Waals surface area (Å²) in [5.41, 5.74) is 6.98. The Labute approximate surface area is 111 Å². The number of phenolic OH excluding ortho intramolecular Hbond substituents is 1. The average Bonchev–Trinajstić information content (AvgIpc) is 2.41. The molecule has 0 fully saturated rings. The van der Waals surface area contributed by atoms with E-state index in [-0.39, 0.29) is 5.75 Å². The number of rotatable bonds is 5. The van der Waals surface area contributed by atoms with Crippen LogP contribution < -0.4 is 15.8 Å². The van der Waals surface area contributed by atoms with Gasteiger partial charge in [0.25, 0.3) is 0 Å². The number of hydrogen-bond acceptors (Lipinski definition) is 6. The Morgan fingerprint density at radius 3 is 2.95 bits per heavy atom. The monoisotopic (exact) mass is 260 g/mol. The predicted molar refractivity (Wildman–Crippen MR) is 73.0 cm³/mol. The second-order valence-corrected chi connectivity index (χ2v) is 3.92. The highest BCUT2D eigenvalue weighted by atomic mass is 16.5. The fraction of sp³-hybridized carbons (Fsp3) is 0.231. The fourth-order valence-electron chi connectivity index (χ4n) is 1.60. The predicted octanol–water partition coefficient (Wildman–Crippen LogP) is 1.78. The summed E-state index contributed by atoms with van der Waals surface area (Å²) >= 11 is 0. The molecule has 0 amide bonds. The van der Waals surface area contributed by atoms with Gasteiger partial charge in [0.1, 0.15) is 17.9 Å². The van der Waals surface area contributed by atoms with Gasteiger partial charge >= 0.3 is 0 Å². The van der Waals surface area contributed by atoms with E-state index in [9.17, 15) is 5.11 Å². The van der Waals surface area contributed by atoms with E-state index in [4.69, 9.17) is 10.5 Å². The van der Waals surface area contributed by atoms with Gasteiger partial charge in [-0.1, -0.05) is 0 Å². The van der Waals surface area contributed by atoms with Crippen molar-refractivity contribution in [3.8, 4) is 11.6 Å². The van der Waals surface area contributed by atoms with Crippen LogP contribution in [-0.4, -0.2) is 21.7 Å². The van der Waals surface area contributed by atoms with Crippen LogP contribution in [0.5, 0.6) is 11.6 Å². The summed E-state index contributed by atoms with van der Waals surface area (Å²) in [4.78, 5) is 8.05. The molecule has 1 aromatic heterocycles. The minimum atomic E-state index is 0.195. The quantitative estimate of drug-likeness (QED) is 0.560. The summed E-state index contributed by atoms with van der Waals surface area (Å²) in [7, 11) is 0. The molecule has 6 heteroatoms. The molecule has 0 saturated heterocycles. The van der Waals surface area contributed by atoms with E-state index in [2.05, 4.69) is 15.3 Å². The number of ether oxygens (including phenoxy) is 1. The summed E-state index contributed by atoms with van der Waals surface area (Å²) < 4.78 is 5.28. The Morgan fingerprint density at radius 1 is 1.32 bits per heavy atom. The smallest absolute Gasteiger partial charge is 0.218 e. The molecule has 0 saturated carbocycles. The number of aromatic hydroxyl groups is 1. The van der Waals surface area contributed by atoms with Crippen molar-refractivity contribution in [2.75, 3.05) is 17.7 Å². The number of benzene rings is 1. The van der Waals surface area contributed by atoms with E-state index < -0.39 is 0 Å². The first-order valence-electron chi connectivity index (χ1n) is 5.95. The lowest BCUT2D eigenvalue weighted by atomic mass is 10.2. The van der Waals surface area contributed by atoms with Crippen LogP contribution in [0.3, 0.4) is 0 Å². The minimum absolute atomic E-state index is 0.195. The van der Waals surface area contributed by atoms with Gasteiger partial charge in [0, 0.05) is 23.9 Å². The Balaban J connectivity index is 2.05. The SMILES string of the molecule is CCOc1cc(NCc2cc(N)ccc2O)ncn1. The van der Waals surface area contributed by atoms with Gasteiger partial charge in [0.2, 0.25) is 5.88 Å². The van der Waals surface area contributed by atoms with Gasteiger partial charge in [-0.2, -0.15) is 0 Å². The Kier molecular flexibility index (Phi) is 4.02. The molecule has 0 spiro atoms. The molecule has 1 heterocycles. The maximum Gasteiger partial charge on any atom is 0.218 e. The van der Waals surface area contributed by atoms with E-state index >= 15 is 0 Å². The van der Waals surface area contributed by atoms with Gasteiger partial charge < -0.3 is 20.9 Å². The molecule has 0 aliphatic heterocycles. The van der Waals surface area contributed by atoms with Crippen LogP contribution in [0, 0.1) is 0 Å². The van der Waals surface area contributed by atoms with Crippen molar-refractivity contribution < 1.29 is 9.84 Å². The van der Waals surface area contributed by atoms with Crippen molar-refractivity contribution in [1.29, 1.82) is 0 Å². The summed E-state index contributed by atoms with van der Waals surface area (Å²) in [6.45, 7) is 2.85. The highest BCUT2D eigenvalue weighted by Crippen LogP contribution is 2.21. The minimum Gasteiger partial charge on any atom is -0.508 e. The van der Waals surface area contributed by atoms with Crippen molar-refractivity contribution in [1.82, 2.24) is 9.97 Å². The van der Waals surface area contributed by atoms with Crippen molar-refractivity contribution >= 4 is 11.5 Å². The molecule has 0 aliphatic carbocycles. The van der Waals surface area contributed by atoms with Gasteiger partial charge in [-0.25, -0.2) is 9.97 Å². The lowest BCUT2D eigenvalue weighted by Crippen LogP contribution is -2.03. The molecule has 0 aliphatic rings. The van der Waals surface area contributed by atoms with E-state index in [1.165, 1.54) is 6.33 Å². The van der Waals surface area contributed by atoms with Gasteiger partial charge in [0.15, 0.2) is 0 Å². The fourth-order valence-corrected chi connectivity index (χ4v) is 1.60. The number of anilines is 2. The third-order valence-corrected chi connectivity index (χ3v) is 2.50. The Morgan fingerprint density at radius 2 is 2.16 bits per heavy atom. The number of nitrogens with one attached hydrogen (secondary N) is 1. The van der Waals surface area contributed by atoms with Crippen molar-refractivity contribution in [2.45, 2.75) is 13.5 Å². The van der Waals surface area contributed by atoms with Crippen LogP contribution >= 0.6 is 0 Å². The highest BCUT2D eigenvalue weighted by molar-refractivity contribution is 5.49. The summed E-state index contributed by atoms with van der Waals surface area (Å²) in [5, 5.41) is 12.8. The molecule has 0 radical (unpaired) electrons. The average molecular weight is 260 g/mol. The maximum absolute atomic E-state index is 9.70. The Bertz CT molecular complexity index is 560. The van der Waals surface area contributed by atoms with Crippen LogP contribution in [0.4, 0.5) is 11.5 Å². The van der Waals surface area contributed by atoms with Crippen LogP contribution in [-0.2, 0) is 6.54 Å². The molecular formula is C13H16N4O2. The number of nitrogen functional groups attached to an aromatic ring is 1. The van der Waals surface area contributed by atoms with Crippen LogP contribution in [0.2, 0.25) is 0 Å². The van der Waals surface area contributed by atoms with Crippen LogP contribution in [0.25, 0.3) is 0 Å². The molecule has 0 bridgehead atoms. The number of nitrogens with two attached hydrogens (primary N) is 1. The summed E-state index contributed by atoms with van der Waals surface area (Å²) in [6, 6.07) is 6.63. The third-order valence-electron chi connectivity index (χ3n) is 2.50. The topological polar surface area (TPSA) is 93.3 Å². The first-order chi connectivity index (χ1) is 9.19. The van der Waals surface area contributed by atoms with Gasteiger partial charge in [-0.3, -0.25) is 0 Å². The van der Waals surface area contributed by atoms with E-state index in [1.807, 2.05) is 6.92 Å². The molecule has 0 atom stereocenters. The zero-order valence-electron chi connectivity index (χ0n) is 10.6. The van der Waals surface area contributed by atoms with Crippen LogP contribution in [0.1, 0.15) is 12.5 Å². The van der Waals surface area contributed by atoms with Gasteiger partial charge in [-0.15, -0.1) is 0 Å². The summed E-state index contributed by atoms with van der Waals surface area (Å²) in [5.74, 6) is 1.33. The van der Waals surface area contributed by atoms with Crippen molar-refractivity contribution in [3.05, 3.63) is 36.2 Å². The molecule has 100 valence electrons. The third kappa shape index (κ3) is 3.48. The normalized spacial score (nSPS) is 10.2. The summed E-state index contributed by atoms with van der Waals surface area (Å²) in [6.07, 6.45) is 1.42. The molecule has 1 aromatic carbocycles. The molecule has 6 nitrogen and oxygen atoms in total. The largest absolute Gasteiger partial charge is 0.508 e. The second kappa shape index (κ2) is 5.90. The lowest BCUT2D eigenvalue weighted by Gasteiger charge is -2.09. The number of phenols is 1. The standard InChI is InChI=1S/C13H16N4O2/c1-2-19-13-6-12(16-8-17-13)15-7-9-5-10(14)3-4-11(9)18/h3-6,8,18H,2,7,14H2,1H3,(H,15,16,17). The Hall–Kier alpha value is -2.50. The molecule has 0 unspecified atom stereocenters. The number of aromatic nitrogens is 2. The van der Waals surface area contributed by atoms with E-state index in [1.54, 1.807) is 24.3 Å². The van der Waals surface area contributed by atoms with Crippen molar-refractivity contribution in [2.24, 2.45) is 0 Å². The molecule has 19 heavy (non-hydrogen) atoms. The zero-order valence-corrected chi connectivity index (χ0v) is 10.6. The van der Waals surface area contributed by atoms with E-state index in [0.717, 1.165) is 0 Å². The van der Waals surface area contributed by atoms with Crippen molar-refractivity contribution in [3.63, 3.8) is 0 Å². The molecule has 4 N–H and O–H groups in total. The van der Waals surface area contributed by atoms with Gasteiger partial charge in [-0.05, 0) is 25.1 Å². The van der Waals surface area contributed by atoms with E-state index in [0.29, 0.717) is 36.1 Å².